The third-order valence-electron chi connectivity index (χ3n) is 2.42. The molecule has 0 fully saturated rings. The monoisotopic (exact) mass is 223 g/mol. The average molecular weight is 223 g/mol. The minimum atomic E-state index is 0.0176. The van der Waals surface area contributed by atoms with Gasteiger partial charge in [-0.1, -0.05) is 0 Å². The van der Waals surface area contributed by atoms with E-state index in [4.69, 9.17) is 9.47 Å². The maximum absolute atomic E-state index is 11.4. The maximum Gasteiger partial charge on any atom is 0.164 e. The average Bonchev–Trinajstić information content (AvgIpc) is 2.23. The molecule has 88 valence electrons. The van der Waals surface area contributed by atoms with Gasteiger partial charge in [-0.3, -0.25) is 9.78 Å². The lowest BCUT2D eigenvalue weighted by Gasteiger charge is -2.11. The van der Waals surface area contributed by atoms with Crippen molar-refractivity contribution in [3.05, 3.63) is 23.0 Å². The second-order valence-corrected chi connectivity index (χ2v) is 3.69. The summed E-state index contributed by atoms with van der Waals surface area (Å²) in [6, 6.07) is 0. The van der Waals surface area contributed by atoms with Gasteiger partial charge in [-0.15, -0.1) is 0 Å². The second kappa shape index (κ2) is 5.61. The van der Waals surface area contributed by atoms with E-state index in [-0.39, 0.29) is 18.8 Å². The first-order valence-corrected chi connectivity index (χ1v) is 5.09. The van der Waals surface area contributed by atoms with Crippen molar-refractivity contribution in [2.24, 2.45) is 0 Å². The Morgan fingerprint density at radius 1 is 1.38 bits per heavy atom. The first-order chi connectivity index (χ1) is 7.60. The highest BCUT2D eigenvalue weighted by molar-refractivity contribution is 5.82. The zero-order valence-corrected chi connectivity index (χ0v) is 10.2. The van der Waals surface area contributed by atoms with Gasteiger partial charge in [-0.2, -0.15) is 0 Å². The molecule has 1 rings (SSSR count). The number of rotatable bonds is 5. The van der Waals surface area contributed by atoms with Crippen LogP contribution in [0.4, 0.5) is 0 Å². The summed E-state index contributed by atoms with van der Waals surface area (Å²) in [5.41, 5.74) is 2.65. The van der Waals surface area contributed by atoms with Crippen LogP contribution in [-0.2, 0) is 16.0 Å². The number of hydrogen-bond acceptors (Lipinski definition) is 4. The quantitative estimate of drug-likeness (QED) is 0.758. The Morgan fingerprint density at radius 2 is 2.06 bits per heavy atom. The number of pyridine rings is 1. The Hall–Kier alpha value is -1.42. The number of aryl methyl sites for hydroxylation is 1. The molecule has 1 aromatic rings. The van der Waals surface area contributed by atoms with E-state index < -0.39 is 0 Å². The lowest BCUT2D eigenvalue weighted by atomic mass is 10.1. The van der Waals surface area contributed by atoms with Crippen LogP contribution in [0, 0.1) is 13.8 Å². The Balaban J connectivity index is 2.93. The molecule has 0 aliphatic heterocycles. The van der Waals surface area contributed by atoms with Gasteiger partial charge in [0.15, 0.2) is 5.78 Å². The Morgan fingerprint density at radius 3 is 2.62 bits per heavy atom. The standard InChI is InChI=1S/C12H17NO3/c1-8-6-13-11(5-10(14)7-15-3)9(2)12(8)16-4/h6H,5,7H2,1-4H3. The third kappa shape index (κ3) is 2.79. The van der Waals surface area contributed by atoms with Crippen molar-refractivity contribution in [2.45, 2.75) is 20.3 Å². The predicted molar refractivity (Wildman–Crippen MR) is 60.9 cm³/mol. The first kappa shape index (κ1) is 12.6. The van der Waals surface area contributed by atoms with Crippen LogP contribution in [0.15, 0.2) is 6.20 Å². The van der Waals surface area contributed by atoms with E-state index in [2.05, 4.69) is 4.98 Å². The van der Waals surface area contributed by atoms with E-state index in [1.165, 1.54) is 7.11 Å². The summed E-state index contributed by atoms with van der Waals surface area (Å²) in [4.78, 5) is 15.7. The van der Waals surface area contributed by atoms with Crippen molar-refractivity contribution in [1.29, 1.82) is 0 Å². The van der Waals surface area contributed by atoms with Crippen LogP contribution in [0.1, 0.15) is 16.8 Å². The Kier molecular flexibility index (Phi) is 4.43. The lowest BCUT2D eigenvalue weighted by molar-refractivity contribution is -0.122. The molecule has 1 heterocycles. The first-order valence-electron chi connectivity index (χ1n) is 5.09. The van der Waals surface area contributed by atoms with Crippen molar-refractivity contribution < 1.29 is 14.3 Å². The Bertz CT molecular complexity index is 388. The molecular weight excluding hydrogens is 206 g/mol. The molecule has 0 aromatic carbocycles. The molecule has 0 amide bonds. The van der Waals surface area contributed by atoms with E-state index in [9.17, 15) is 4.79 Å². The van der Waals surface area contributed by atoms with E-state index in [0.717, 1.165) is 22.6 Å². The summed E-state index contributed by atoms with van der Waals surface area (Å²) < 4.78 is 10.1. The van der Waals surface area contributed by atoms with Gasteiger partial charge in [0.05, 0.1) is 19.2 Å². The van der Waals surface area contributed by atoms with Crippen molar-refractivity contribution >= 4 is 5.78 Å². The van der Waals surface area contributed by atoms with Gasteiger partial charge in [-0.05, 0) is 13.8 Å². The van der Waals surface area contributed by atoms with Crippen LogP contribution >= 0.6 is 0 Å². The SMILES string of the molecule is COCC(=O)Cc1ncc(C)c(OC)c1C. The number of carbonyl (C=O) groups excluding carboxylic acids is 1. The van der Waals surface area contributed by atoms with Crippen LogP contribution in [0.5, 0.6) is 5.75 Å². The van der Waals surface area contributed by atoms with E-state index in [0.29, 0.717) is 0 Å². The van der Waals surface area contributed by atoms with Gasteiger partial charge in [0.2, 0.25) is 0 Å². The van der Waals surface area contributed by atoms with Gasteiger partial charge >= 0.3 is 0 Å². The molecule has 4 nitrogen and oxygen atoms in total. The highest BCUT2D eigenvalue weighted by Crippen LogP contribution is 2.24. The maximum atomic E-state index is 11.4. The number of nitrogens with zero attached hydrogens (tertiary/aromatic N) is 1. The molecule has 0 saturated carbocycles. The van der Waals surface area contributed by atoms with Crippen LogP contribution in [-0.4, -0.2) is 31.6 Å². The molecule has 16 heavy (non-hydrogen) atoms. The van der Waals surface area contributed by atoms with Crippen molar-refractivity contribution in [3.8, 4) is 5.75 Å². The molecule has 0 bridgehead atoms. The smallest absolute Gasteiger partial charge is 0.164 e. The molecule has 0 N–H and O–H groups in total. The summed E-state index contributed by atoms with van der Waals surface area (Å²) >= 11 is 0. The fraction of sp³-hybridized carbons (Fsp3) is 0.500. The molecule has 0 spiro atoms. The van der Waals surface area contributed by atoms with Gasteiger partial charge in [0, 0.05) is 24.4 Å². The fourth-order valence-electron chi connectivity index (χ4n) is 1.65. The highest BCUT2D eigenvalue weighted by Gasteiger charge is 2.12. The number of Topliss-reactive ketones (excluding diaryl/α,β-unsaturated/α-hetero) is 1. The summed E-state index contributed by atoms with van der Waals surface area (Å²) in [6.45, 7) is 3.96. The van der Waals surface area contributed by atoms with Crippen molar-refractivity contribution in [2.75, 3.05) is 20.8 Å². The summed E-state index contributed by atoms with van der Waals surface area (Å²) in [5.74, 6) is 0.819. The third-order valence-corrected chi connectivity index (χ3v) is 2.42. The van der Waals surface area contributed by atoms with Gasteiger partial charge < -0.3 is 9.47 Å². The van der Waals surface area contributed by atoms with Crippen LogP contribution < -0.4 is 4.74 Å². The Labute approximate surface area is 95.6 Å². The van der Waals surface area contributed by atoms with E-state index >= 15 is 0 Å². The number of methoxy groups -OCH3 is 2. The zero-order valence-electron chi connectivity index (χ0n) is 10.2. The van der Waals surface area contributed by atoms with Crippen LogP contribution in [0.3, 0.4) is 0 Å². The predicted octanol–water partition coefficient (Wildman–Crippen LogP) is 1.47. The summed E-state index contributed by atoms with van der Waals surface area (Å²) in [5, 5.41) is 0. The molecule has 4 heteroatoms. The summed E-state index contributed by atoms with van der Waals surface area (Å²) in [7, 11) is 3.13. The molecule has 0 atom stereocenters. The molecule has 0 unspecified atom stereocenters. The van der Waals surface area contributed by atoms with Gasteiger partial charge in [0.25, 0.3) is 0 Å². The largest absolute Gasteiger partial charge is 0.496 e. The fourth-order valence-corrected chi connectivity index (χ4v) is 1.65. The van der Waals surface area contributed by atoms with Crippen molar-refractivity contribution in [1.82, 2.24) is 4.98 Å². The molecule has 0 saturated heterocycles. The number of ether oxygens (including phenoxy) is 2. The van der Waals surface area contributed by atoms with E-state index in [1.54, 1.807) is 13.3 Å². The second-order valence-electron chi connectivity index (χ2n) is 3.69. The topological polar surface area (TPSA) is 48.4 Å². The zero-order chi connectivity index (χ0) is 12.1. The van der Waals surface area contributed by atoms with Crippen LogP contribution in [0.2, 0.25) is 0 Å². The number of hydrogen-bond donors (Lipinski definition) is 0. The van der Waals surface area contributed by atoms with Gasteiger partial charge in [0.1, 0.15) is 12.4 Å². The van der Waals surface area contributed by atoms with Crippen molar-refractivity contribution in [3.63, 3.8) is 0 Å². The van der Waals surface area contributed by atoms with Crippen LogP contribution in [0.25, 0.3) is 0 Å². The summed E-state index contributed by atoms with van der Waals surface area (Å²) in [6.07, 6.45) is 2.01. The highest BCUT2D eigenvalue weighted by atomic mass is 16.5. The molecule has 0 aliphatic carbocycles. The lowest BCUT2D eigenvalue weighted by Crippen LogP contribution is -2.12. The number of carbonyl (C=O) groups is 1. The molecular formula is C12H17NO3. The number of ketones is 1. The number of aromatic nitrogens is 1. The van der Waals surface area contributed by atoms with Gasteiger partial charge in [-0.25, -0.2) is 0 Å². The molecule has 1 aromatic heterocycles. The normalized spacial score (nSPS) is 10.2. The van der Waals surface area contributed by atoms with E-state index in [1.807, 2.05) is 13.8 Å². The minimum absolute atomic E-state index is 0.0176. The molecule has 0 radical (unpaired) electrons. The molecule has 0 aliphatic rings. The minimum Gasteiger partial charge on any atom is -0.496 e.